The smallest absolute Gasteiger partial charge is 0.310 e. The first-order valence-corrected chi connectivity index (χ1v) is 17.5. The zero-order chi connectivity index (χ0) is 36.0. The molecule has 3 saturated carbocycles. The number of aliphatic hydroxyl groups excluding tert-OH is 1. The molecule has 1 aliphatic heterocycles. The van der Waals surface area contributed by atoms with E-state index in [-0.39, 0.29) is 31.3 Å². The maximum atomic E-state index is 17.7. The molecule has 4 fully saturated rings. The zero-order valence-electron chi connectivity index (χ0n) is 28.1. The Bertz CT molecular complexity index is 1830. The van der Waals surface area contributed by atoms with Gasteiger partial charge in [-0.2, -0.15) is 0 Å². The molecule has 8 nitrogen and oxygen atoms in total. The minimum Gasteiger partial charge on any atom is -0.457 e. The number of carbonyl (C=O) groups excluding carboxylic acids is 3. The summed E-state index contributed by atoms with van der Waals surface area (Å²) in [5.74, 6) is -4.60. The van der Waals surface area contributed by atoms with Crippen molar-refractivity contribution in [3.8, 4) is 0 Å². The zero-order valence-corrected chi connectivity index (χ0v) is 29.6. The molecule has 4 aliphatic carbocycles. The first-order chi connectivity index (χ1) is 23.5. The number of hydrogen-bond donors (Lipinski definition) is 2. The number of nitrogens with one attached hydrogen (secondary N) is 1. The third kappa shape index (κ3) is 5.04. The van der Waals surface area contributed by atoms with Crippen molar-refractivity contribution < 1.29 is 42.5 Å². The van der Waals surface area contributed by atoms with Crippen LogP contribution in [-0.2, 0) is 35.0 Å². The molecular weight excluding hydrogens is 691 g/mol. The fourth-order valence-corrected chi connectivity index (χ4v) is 10.3. The monoisotopic (exact) mass is 729 g/mol. The minimum atomic E-state index is -2.33. The average molecular weight is 731 g/mol. The number of alkyl halides is 2. The summed E-state index contributed by atoms with van der Waals surface area (Å²) >= 11 is 12.7. The predicted molar refractivity (Wildman–Crippen MR) is 183 cm³/mol. The highest BCUT2D eigenvalue weighted by atomic mass is 35.5. The van der Waals surface area contributed by atoms with Gasteiger partial charge in [-0.15, -0.1) is 0 Å². The molecule has 9 atom stereocenters. The molecule has 0 aromatic heterocycles. The van der Waals surface area contributed by atoms with E-state index in [1.807, 2.05) is 0 Å². The van der Waals surface area contributed by atoms with E-state index in [0.717, 1.165) is 6.08 Å². The van der Waals surface area contributed by atoms with Gasteiger partial charge in [-0.05, 0) is 87.4 Å². The largest absolute Gasteiger partial charge is 0.457 e. The van der Waals surface area contributed by atoms with Crippen LogP contribution in [-0.4, -0.2) is 64.7 Å². The van der Waals surface area contributed by atoms with Gasteiger partial charge in [0.25, 0.3) is 0 Å². The highest BCUT2D eigenvalue weighted by Crippen LogP contribution is 2.72. The number of anilines is 2. The Morgan fingerprint density at radius 2 is 1.74 bits per heavy atom. The Kier molecular flexibility index (Phi) is 8.43. The fourth-order valence-electron chi connectivity index (χ4n) is 9.81. The van der Waals surface area contributed by atoms with Crippen molar-refractivity contribution in [3.63, 3.8) is 0 Å². The summed E-state index contributed by atoms with van der Waals surface area (Å²) in [4.78, 5) is 39.9. The molecule has 1 heterocycles. The van der Waals surface area contributed by atoms with E-state index in [1.165, 1.54) is 19.1 Å². The second-order valence-corrected chi connectivity index (χ2v) is 15.9. The molecule has 2 aromatic rings. The van der Waals surface area contributed by atoms with E-state index in [0.29, 0.717) is 27.0 Å². The lowest BCUT2D eigenvalue weighted by molar-refractivity contribution is -0.249. The Balaban J connectivity index is 1.14. The summed E-state index contributed by atoms with van der Waals surface area (Å²) in [6.07, 6.45) is -0.912. The van der Waals surface area contributed by atoms with Gasteiger partial charge in [-0.25, -0.2) is 8.78 Å². The molecule has 0 radical (unpaired) electrons. The van der Waals surface area contributed by atoms with Crippen LogP contribution >= 0.6 is 23.2 Å². The van der Waals surface area contributed by atoms with Crippen molar-refractivity contribution in [2.75, 3.05) is 11.9 Å². The Hall–Kier alpha value is -3.15. The number of allylic oxidation sites excluding steroid dienone is 4. The van der Waals surface area contributed by atoms with Crippen molar-refractivity contribution in [2.45, 2.75) is 88.8 Å². The summed E-state index contributed by atoms with van der Waals surface area (Å²) in [6, 6.07) is 12.1. The summed E-state index contributed by atoms with van der Waals surface area (Å²) in [5, 5.41) is 15.7. The first-order valence-electron chi connectivity index (χ1n) is 16.8. The Labute approximate surface area is 299 Å². The lowest BCUT2D eigenvalue weighted by Gasteiger charge is -2.63. The number of halogens is 4. The second-order valence-electron chi connectivity index (χ2n) is 15.1. The molecule has 2 N–H and O–H groups in total. The van der Waals surface area contributed by atoms with E-state index >= 15 is 8.78 Å². The summed E-state index contributed by atoms with van der Waals surface area (Å²) in [5.41, 5.74) is -5.21. The highest BCUT2D eigenvalue weighted by molar-refractivity contribution is 6.39. The van der Waals surface area contributed by atoms with Crippen LogP contribution in [0.1, 0.15) is 52.5 Å². The SMILES string of the molecule is CC1(C)O[C@@H]2CC3C4C[C@H](F)C5=CC(=O)C=CC5(C)[C@@]4(F)[C@@H](O)CC3(C)[C@]2(C(=O)COC(=O)Cc2ccccc2Nc2c(Cl)cccc2Cl)O1. The minimum absolute atomic E-state index is 0.0164. The highest BCUT2D eigenvalue weighted by Gasteiger charge is 2.80. The van der Waals surface area contributed by atoms with Crippen molar-refractivity contribution in [1.82, 2.24) is 0 Å². The molecule has 1 saturated heterocycles. The van der Waals surface area contributed by atoms with Crippen molar-refractivity contribution in [2.24, 2.45) is 22.7 Å². The van der Waals surface area contributed by atoms with Crippen molar-refractivity contribution in [3.05, 3.63) is 81.9 Å². The third-order valence-corrected chi connectivity index (χ3v) is 12.6. The third-order valence-electron chi connectivity index (χ3n) is 12.0. The lowest BCUT2D eigenvalue weighted by Crippen LogP contribution is -2.71. The lowest BCUT2D eigenvalue weighted by atomic mass is 9.44. The number of esters is 1. The topological polar surface area (TPSA) is 111 Å². The maximum Gasteiger partial charge on any atom is 0.310 e. The van der Waals surface area contributed by atoms with Gasteiger partial charge in [0.2, 0.25) is 5.78 Å². The summed E-state index contributed by atoms with van der Waals surface area (Å²) in [7, 11) is 0. The van der Waals surface area contributed by atoms with Crippen molar-refractivity contribution in [1.29, 1.82) is 0 Å². The van der Waals surface area contributed by atoms with Crippen LogP contribution in [0.25, 0.3) is 0 Å². The van der Waals surface area contributed by atoms with Gasteiger partial charge >= 0.3 is 5.97 Å². The summed E-state index contributed by atoms with van der Waals surface area (Å²) < 4.78 is 52.0. The average Bonchev–Trinajstić information content (AvgIpc) is 3.46. The molecule has 0 bridgehead atoms. The predicted octanol–water partition coefficient (Wildman–Crippen LogP) is 7.21. The van der Waals surface area contributed by atoms with Crippen LogP contribution in [0, 0.1) is 22.7 Å². The number of fused-ring (bicyclic) bond motifs is 7. The number of carbonyl (C=O) groups is 3. The number of ether oxygens (including phenoxy) is 3. The van der Waals surface area contributed by atoms with Crippen LogP contribution in [0.15, 0.2) is 66.3 Å². The molecule has 12 heteroatoms. The number of rotatable bonds is 7. The van der Waals surface area contributed by atoms with Crippen LogP contribution in [0.5, 0.6) is 0 Å². The van der Waals surface area contributed by atoms with Gasteiger partial charge in [-0.3, -0.25) is 14.4 Å². The van der Waals surface area contributed by atoms with Crippen LogP contribution in [0.4, 0.5) is 20.2 Å². The van der Waals surface area contributed by atoms with Crippen molar-refractivity contribution >= 4 is 52.1 Å². The molecule has 4 unspecified atom stereocenters. The number of para-hydroxylation sites is 2. The number of benzene rings is 2. The van der Waals surface area contributed by atoms with E-state index in [2.05, 4.69) is 5.32 Å². The first kappa shape index (κ1) is 35.3. The van der Waals surface area contributed by atoms with E-state index in [9.17, 15) is 19.5 Å². The van der Waals surface area contributed by atoms with Gasteiger partial charge in [0.1, 0.15) is 6.17 Å². The summed E-state index contributed by atoms with van der Waals surface area (Å²) in [6.45, 7) is 5.95. The van der Waals surface area contributed by atoms with E-state index < -0.39 is 82.2 Å². The van der Waals surface area contributed by atoms with Crippen LogP contribution in [0.3, 0.4) is 0 Å². The molecular formula is C38H39Cl2F2NO7. The Morgan fingerprint density at radius 3 is 2.46 bits per heavy atom. The molecule has 0 spiro atoms. The molecule has 2 aromatic carbocycles. The second kappa shape index (κ2) is 12.0. The number of hydrogen-bond acceptors (Lipinski definition) is 8. The standard InChI is InChI=1S/C38H39Cl2F2NO7/c1-34(2)49-31-17-22-23-16-27(41)24-15-21(44)12-13-35(24,3)37(23,42)29(45)18-36(22,4)38(31,50-34)30(46)19-48-32(47)14-20-8-5-6-11-28(20)43-33-25(39)9-7-10-26(33)40/h5-13,15,22-23,27,29,31,43,45H,14,16-19H2,1-4H3/t22?,23?,27-,29-,31+,35?,36?,37-,38+/m0/s1. The molecule has 5 aliphatic rings. The van der Waals surface area contributed by atoms with E-state index in [4.69, 9.17) is 37.4 Å². The number of Topliss-reactive ketones (excluding diaryl/α,β-unsaturated/α-hetero) is 1. The Morgan fingerprint density at radius 1 is 1.04 bits per heavy atom. The van der Waals surface area contributed by atoms with E-state index in [1.54, 1.807) is 63.2 Å². The molecule has 0 amide bonds. The van der Waals surface area contributed by atoms with Gasteiger partial charge in [0.05, 0.1) is 34.4 Å². The molecule has 7 rings (SSSR count). The molecule has 266 valence electrons. The normalized spacial score (nSPS) is 38.0. The quantitative estimate of drug-likeness (QED) is 0.288. The van der Waals surface area contributed by atoms with Gasteiger partial charge in [-0.1, -0.05) is 60.5 Å². The van der Waals surface area contributed by atoms with Crippen LogP contribution in [0.2, 0.25) is 10.0 Å². The van der Waals surface area contributed by atoms with Gasteiger partial charge in [0.15, 0.2) is 29.4 Å². The van der Waals surface area contributed by atoms with Gasteiger partial charge in [0, 0.05) is 22.4 Å². The number of aliphatic hydroxyl groups is 1. The fraction of sp³-hybridized carbons (Fsp3) is 0.500. The number of ketones is 2. The van der Waals surface area contributed by atoms with Gasteiger partial charge < -0.3 is 24.6 Å². The van der Waals surface area contributed by atoms with Crippen LogP contribution < -0.4 is 5.32 Å². The maximum absolute atomic E-state index is 17.7. The molecule has 50 heavy (non-hydrogen) atoms.